The molecule has 0 bridgehead atoms. The highest BCUT2D eigenvalue weighted by atomic mass is 32.1. The third kappa shape index (κ3) is 3.71. The molecule has 0 aliphatic carbocycles. The molecular formula is C24H17N3O7S. The molecule has 4 aromatic rings. The number of ketones is 1. The Balaban J connectivity index is 1.66. The number of furan rings is 1. The van der Waals surface area contributed by atoms with E-state index in [2.05, 4.69) is 4.98 Å². The second-order valence-electron chi connectivity index (χ2n) is 7.76. The number of hydrogen-bond donors (Lipinski definition) is 1. The summed E-state index contributed by atoms with van der Waals surface area (Å²) < 4.78 is 11.4. The molecule has 10 nitrogen and oxygen atoms in total. The Morgan fingerprint density at radius 2 is 1.94 bits per heavy atom. The zero-order valence-corrected chi connectivity index (χ0v) is 19.2. The Hall–Kier alpha value is -4.51. The number of carbonyl (C=O) groups excluding carboxylic acids is 2. The number of anilines is 1. The molecule has 1 N–H and O–H groups in total. The first kappa shape index (κ1) is 22.3. The van der Waals surface area contributed by atoms with E-state index in [1.165, 1.54) is 53.7 Å². The molecule has 5 rings (SSSR count). The predicted molar refractivity (Wildman–Crippen MR) is 127 cm³/mol. The number of thiazole rings is 1. The van der Waals surface area contributed by atoms with E-state index < -0.39 is 28.4 Å². The van der Waals surface area contributed by atoms with Crippen LogP contribution >= 0.6 is 11.3 Å². The number of methoxy groups -OCH3 is 1. The van der Waals surface area contributed by atoms with Crippen LogP contribution in [0.1, 0.15) is 27.9 Å². The number of amides is 1. The summed E-state index contributed by atoms with van der Waals surface area (Å²) >= 11 is 1.18. The van der Waals surface area contributed by atoms with E-state index in [0.717, 1.165) is 4.70 Å². The predicted octanol–water partition coefficient (Wildman–Crippen LogP) is 4.90. The van der Waals surface area contributed by atoms with Crippen molar-refractivity contribution in [2.45, 2.75) is 13.0 Å². The van der Waals surface area contributed by atoms with Crippen LogP contribution in [0.3, 0.4) is 0 Å². The van der Waals surface area contributed by atoms with Crippen LogP contribution in [0, 0.1) is 17.0 Å². The van der Waals surface area contributed by atoms with Crippen LogP contribution in [0.2, 0.25) is 0 Å². The van der Waals surface area contributed by atoms with Crippen molar-refractivity contribution in [2.75, 3.05) is 12.0 Å². The topological polar surface area (TPSA) is 136 Å². The zero-order chi connectivity index (χ0) is 24.9. The number of aliphatic hydroxyl groups excluding tert-OH is 1. The minimum Gasteiger partial charge on any atom is -0.503 e. The van der Waals surface area contributed by atoms with E-state index in [4.69, 9.17) is 9.15 Å². The van der Waals surface area contributed by atoms with Gasteiger partial charge in [-0.2, -0.15) is 0 Å². The molecule has 0 saturated heterocycles. The second kappa shape index (κ2) is 8.37. The number of benzene rings is 2. The van der Waals surface area contributed by atoms with Crippen molar-refractivity contribution >= 4 is 44.1 Å². The van der Waals surface area contributed by atoms with Gasteiger partial charge in [0.1, 0.15) is 11.5 Å². The maximum Gasteiger partial charge on any atom is 0.296 e. The number of ether oxygens (including phenoxy) is 1. The van der Waals surface area contributed by atoms with Crippen LogP contribution in [-0.2, 0) is 4.79 Å². The lowest BCUT2D eigenvalue weighted by atomic mass is 9.95. The highest BCUT2D eigenvalue weighted by Gasteiger charge is 2.46. The van der Waals surface area contributed by atoms with Crippen molar-refractivity contribution in [1.82, 2.24) is 4.98 Å². The number of hydrogen-bond acceptors (Lipinski definition) is 9. The van der Waals surface area contributed by atoms with Gasteiger partial charge in [-0.3, -0.25) is 24.6 Å². The molecule has 1 atom stereocenters. The highest BCUT2D eigenvalue weighted by molar-refractivity contribution is 7.22. The van der Waals surface area contributed by atoms with Crippen molar-refractivity contribution in [3.8, 4) is 5.75 Å². The first-order chi connectivity index (χ1) is 16.8. The van der Waals surface area contributed by atoms with Gasteiger partial charge in [0.05, 0.1) is 33.9 Å². The molecule has 1 amide bonds. The molecule has 176 valence electrons. The smallest absolute Gasteiger partial charge is 0.296 e. The molecule has 3 heterocycles. The fraction of sp³-hybridized carbons (Fsp3) is 0.125. The normalized spacial score (nSPS) is 15.8. The van der Waals surface area contributed by atoms with Gasteiger partial charge >= 0.3 is 0 Å². The lowest BCUT2D eigenvalue weighted by Crippen LogP contribution is -2.30. The van der Waals surface area contributed by atoms with Crippen molar-refractivity contribution in [2.24, 2.45) is 0 Å². The van der Waals surface area contributed by atoms with Crippen molar-refractivity contribution in [1.29, 1.82) is 0 Å². The number of fused-ring (bicyclic) bond motifs is 1. The number of carbonyl (C=O) groups is 2. The third-order valence-corrected chi connectivity index (χ3v) is 6.64. The van der Waals surface area contributed by atoms with E-state index >= 15 is 0 Å². The number of nitro benzene ring substituents is 1. The van der Waals surface area contributed by atoms with Crippen molar-refractivity contribution in [3.05, 3.63) is 93.1 Å². The average Bonchev–Trinajstić information content (AvgIpc) is 3.54. The molecule has 1 aliphatic rings. The van der Waals surface area contributed by atoms with Gasteiger partial charge in [-0.1, -0.05) is 11.3 Å². The fourth-order valence-electron chi connectivity index (χ4n) is 3.94. The molecule has 0 spiro atoms. The fourth-order valence-corrected chi connectivity index (χ4v) is 4.96. The van der Waals surface area contributed by atoms with E-state index in [0.29, 0.717) is 22.6 Å². The molecule has 1 unspecified atom stereocenters. The molecular weight excluding hydrogens is 474 g/mol. The Morgan fingerprint density at radius 3 is 2.57 bits per heavy atom. The summed E-state index contributed by atoms with van der Waals surface area (Å²) in [7, 11) is 1.54. The molecule has 0 saturated carbocycles. The van der Waals surface area contributed by atoms with E-state index in [-0.39, 0.29) is 22.2 Å². The lowest BCUT2D eigenvalue weighted by molar-refractivity contribution is -0.384. The largest absolute Gasteiger partial charge is 0.503 e. The van der Waals surface area contributed by atoms with Crippen LogP contribution in [0.5, 0.6) is 5.75 Å². The monoisotopic (exact) mass is 491 g/mol. The molecule has 2 aromatic heterocycles. The summed E-state index contributed by atoms with van der Waals surface area (Å²) in [5.41, 5.74) is 0.632. The summed E-state index contributed by atoms with van der Waals surface area (Å²) in [5.74, 6) is -1.16. The van der Waals surface area contributed by atoms with E-state index in [1.54, 1.807) is 31.2 Å². The zero-order valence-electron chi connectivity index (χ0n) is 18.4. The minimum absolute atomic E-state index is 0.0420. The highest BCUT2D eigenvalue weighted by Crippen LogP contribution is 2.44. The number of aryl methyl sites for hydroxylation is 1. The summed E-state index contributed by atoms with van der Waals surface area (Å²) in [6.07, 6.45) is 0. The van der Waals surface area contributed by atoms with Gasteiger partial charge in [-0.25, -0.2) is 4.98 Å². The molecule has 2 aromatic carbocycles. The van der Waals surface area contributed by atoms with Gasteiger partial charge in [-0.15, -0.1) is 0 Å². The van der Waals surface area contributed by atoms with E-state index in [9.17, 15) is 24.8 Å². The minimum atomic E-state index is -1.08. The Kier molecular flexibility index (Phi) is 5.33. The van der Waals surface area contributed by atoms with Crippen molar-refractivity contribution < 1.29 is 28.8 Å². The quantitative estimate of drug-likeness (QED) is 0.229. The molecule has 1 aliphatic heterocycles. The first-order valence-electron chi connectivity index (χ1n) is 10.3. The van der Waals surface area contributed by atoms with Crippen LogP contribution in [0.4, 0.5) is 10.8 Å². The van der Waals surface area contributed by atoms with Gasteiger partial charge in [-0.05, 0) is 55.0 Å². The third-order valence-electron chi connectivity index (χ3n) is 5.63. The number of aromatic nitrogens is 1. The maximum absolute atomic E-state index is 13.4. The van der Waals surface area contributed by atoms with E-state index in [1.807, 2.05) is 0 Å². The van der Waals surface area contributed by atoms with Gasteiger partial charge in [0.2, 0.25) is 5.78 Å². The van der Waals surface area contributed by atoms with Gasteiger partial charge in [0.15, 0.2) is 16.7 Å². The number of nitrogens with zero attached hydrogens (tertiary/aromatic N) is 3. The first-order valence-corrected chi connectivity index (χ1v) is 11.2. The SMILES string of the molecule is COc1ccc2nc(N3C(=O)C(O)=C(C(=O)c4ccc(C)o4)C3c3ccc([N+](=O)[O-])cc3)sc2c1. The maximum atomic E-state index is 13.4. The second-order valence-corrected chi connectivity index (χ2v) is 8.77. The summed E-state index contributed by atoms with van der Waals surface area (Å²) in [5, 5.41) is 22.2. The summed E-state index contributed by atoms with van der Waals surface area (Å²) in [4.78, 5) is 43.0. The molecule has 35 heavy (non-hydrogen) atoms. The van der Waals surface area contributed by atoms with Gasteiger partial charge in [0.25, 0.3) is 11.6 Å². The van der Waals surface area contributed by atoms with Crippen LogP contribution in [-0.4, -0.2) is 33.8 Å². The summed E-state index contributed by atoms with van der Waals surface area (Å²) in [6.45, 7) is 1.67. The number of non-ortho nitro benzene ring substituents is 1. The lowest BCUT2D eigenvalue weighted by Gasteiger charge is -2.24. The summed E-state index contributed by atoms with van der Waals surface area (Å²) in [6, 6.07) is 12.6. The average molecular weight is 491 g/mol. The number of rotatable bonds is 6. The Morgan fingerprint density at radius 1 is 1.20 bits per heavy atom. The molecule has 11 heteroatoms. The number of aliphatic hydroxyl groups is 1. The molecule has 0 radical (unpaired) electrons. The Labute approximate surface area is 201 Å². The van der Waals surface area contributed by atoms with Gasteiger partial charge in [0, 0.05) is 12.1 Å². The van der Waals surface area contributed by atoms with Gasteiger partial charge < -0.3 is 14.3 Å². The number of nitro groups is 1. The van der Waals surface area contributed by atoms with Crippen LogP contribution < -0.4 is 9.64 Å². The van der Waals surface area contributed by atoms with Crippen LogP contribution in [0.25, 0.3) is 10.2 Å². The molecule has 0 fully saturated rings. The standard InChI is InChI=1S/C24H17N3O7S/c1-12-3-10-17(34-12)21(28)19-20(13-4-6-14(7-5-13)27(31)32)26(23(30)22(19)29)24-25-16-9-8-15(33-2)11-18(16)35-24/h3-11,20,29H,1-2H3. The van der Waals surface area contributed by atoms with Crippen LogP contribution in [0.15, 0.2) is 70.3 Å². The number of Topliss-reactive ketones (excluding diaryl/α,β-unsaturated/α-hetero) is 1. The Bertz CT molecular complexity index is 1530. The van der Waals surface area contributed by atoms with Crippen molar-refractivity contribution in [3.63, 3.8) is 0 Å².